The zero-order valence-corrected chi connectivity index (χ0v) is 5.83. The molecule has 2 N–H and O–H groups in total. The van der Waals surface area contributed by atoms with Gasteiger partial charge >= 0.3 is 6.61 Å². The lowest BCUT2D eigenvalue weighted by molar-refractivity contribution is -0.131. The van der Waals surface area contributed by atoms with Gasteiger partial charge in [0.2, 0.25) is 0 Å². The molecule has 0 bridgehead atoms. The normalized spacial score (nSPS) is 13.0. The Labute approximate surface area is 58.8 Å². The van der Waals surface area contributed by atoms with E-state index in [-0.39, 0.29) is 25.1 Å². The van der Waals surface area contributed by atoms with Crippen LogP contribution < -0.4 is 5.73 Å². The van der Waals surface area contributed by atoms with Crippen LogP contribution in [0.15, 0.2) is 0 Å². The predicted octanol–water partition coefficient (Wildman–Crippen LogP) is 0.995. The molecule has 5 heteroatoms. The molecule has 0 aromatic heterocycles. The Morgan fingerprint density at radius 3 is 2.11 bits per heavy atom. The van der Waals surface area contributed by atoms with Crippen molar-refractivity contribution in [1.29, 1.82) is 0 Å². The van der Waals surface area contributed by atoms with Crippen LogP contribution in [-0.4, -0.2) is 19.3 Å². The van der Waals surface area contributed by atoms with Gasteiger partial charge in [0.15, 0.2) is 0 Å². The minimum absolute atomic E-state index is 0. The van der Waals surface area contributed by atoms with Gasteiger partial charge in [0.1, 0.15) is 0 Å². The molecule has 0 saturated heterocycles. The fourth-order valence-corrected chi connectivity index (χ4v) is 0.225. The van der Waals surface area contributed by atoms with Crippen molar-refractivity contribution < 1.29 is 13.5 Å². The molecule has 0 spiro atoms. The van der Waals surface area contributed by atoms with Crippen molar-refractivity contribution in [2.45, 2.75) is 19.6 Å². The first-order valence-electron chi connectivity index (χ1n) is 2.28. The molecule has 0 aliphatic heterocycles. The third-order valence-electron chi connectivity index (χ3n) is 0.485. The topological polar surface area (TPSA) is 35.2 Å². The molecule has 0 fully saturated rings. The van der Waals surface area contributed by atoms with Gasteiger partial charge in [-0.3, -0.25) is 0 Å². The van der Waals surface area contributed by atoms with E-state index in [0.717, 1.165) is 0 Å². The van der Waals surface area contributed by atoms with Crippen LogP contribution in [0.2, 0.25) is 0 Å². The van der Waals surface area contributed by atoms with Crippen molar-refractivity contribution in [3.05, 3.63) is 0 Å². The van der Waals surface area contributed by atoms with Crippen molar-refractivity contribution in [3.63, 3.8) is 0 Å². The Morgan fingerprint density at radius 2 is 2.00 bits per heavy atom. The second kappa shape index (κ2) is 6.19. The van der Waals surface area contributed by atoms with Gasteiger partial charge in [0.05, 0.1) is 6.61 Å². The number of alkyl halides is 2. The first-order valence-corrected chi connectivity index (χ1v) is 2.28. The molecule has 0 amide bonds. The van der Waals surface area contributed by atoms with E-state index in [1.165, 1.54) is 0 Å². The molecule has 0 aliphatic carbocycles. The summed E-state index contributed by atoms with van der Waals surface area (Å²) in [5.74, 6) is 0. The van der Waals surface area contributed by atoms with Crippen LogP contribution in [0.5, 0.6) is 0 Å². The highest BCUT2D eigenvalue weighted by molar-refractivity contribution is 5.85. The third kappa shape index (κ3) is 11.6. The predicted molar refractivity (Wildman–Crippen MR) is 32.9 cm³/mol. The summed E-state index contributed by atoms with van der Waals surface area (Å²) in [6.07, 6.45) is 0. The Kier molecular flexibility index (Phi) is 8.13. The lowest BCUT2D eigenvalue weighted by atomic mass is 10.4. The SMILES string of the molecule is CC(N)COC(F)F.Cl. The summed E-state index contributed by atoms with van der Waals surface area (Å²) in [6.45, 7) is -1.18. The van der Waals surface area contributed by atoms with Crippen molar-refractivity contribution in [1.82, 2.24) is 0 Å². The second-order valence-corrected chi connectivity index (χ2v) is 1.57. The average molecular weight is 162 g/mol. The Balaban J connectivity index is 0. The summed E-state index contributed by atoms with van der Waals surface area (Å²) >= 11 is 0. The summed E-state index contributed by atoms with van der Waals surface area (Å²) in [5, 5.41) is 0. The smallest absolute Gasteiger partial charge is 0.326 e. The minimum atomic E-state index is -2.69. The maximum Gasteiger partial charge on any atom is 0.345 e. The van der Waals surface area contributed by atoms with Gasteiger partial charge in [-0.1, -0.05) is 0 Å². The van der Waals surface area contributed by atoms with Gasteiger partial charge in [-0.2, -0.15) is 8.78 Å². The van der Waals surface area contributed by atoms with Crippen LogP contribution in [0.1, 0.15) is 6.92 Å². The fraction of sp³-hybridized carbons (Fsp3) is 1.00. The molecule has 1 atom stereocenters. The number of ether oxygens (including phenoxy) is 1. The second-order valence-electron chi connectivity index (χ2n) is 1.57. The zero-order chi connectivity index (χ0) is 6.57. The molecule has 0 aromatic carbocycles. The minimum Gasteiger partial charge on any atom is -0.326 e. The maximum atomic E-state index is 11.1. The molecular weight excluding hydrogens is 151 g/mol. The average Bonchev–Trinajstić information content (AvgIpc) is 1.61. The summed E-state index contributed by atoms with van der Waals surface area (Å²) in [5.41, 5.74) is 5.08. The van der Waals surface area contributed by atoms with Crippen LogP contribution >= 0.6 is 12.4 Å². The molecule has 0 radical (unpaired) electrons. The zero-order valence-electron chi connectivity index (χ0n) is 5.01. The van der Waals surface area contributed by atoms with E-state index in [1.807, 2.05) is 0 Å². The standard InChI is InChI=1S/C4H9F2NO.ClH/c1-3(7)2-8-4(5)6;/h3-4H,2,7H2,1H3;1H. The van der Waals surface area contributed by atoms with Gasteiger partial charge in [0.25, 0.3) is 0 Å². The number of rotatable bonds is 3. The number of halogens is 3. The highest BCUT2D eigenvalue weighted by Gasteiger charge is 2.01. The summed E-state index contributed by atoms with van der Waals surface area (Å²) in [4.78, 5) is 0. The Morgan fingerprint density at radius 1 is 1.56 bits per heavy atom. The highest BCUT2D eigenvalue weighted by Crippen LogP contribution is 1.93. The molecular formula is C4H10ClF2NO. The van der Waals surface area contributed by atoms with Gasteiger partial charge in [0, 0.05) is 6.04 Å². The van der Waals surface area contributed by atoms with E-state index in [0.29, 0.717) is 0 Å². The Hall–Kier alpha value is 0.0700. The van der Waals surface area contributed by atoms with Gasteiger partial charge in [-0.15, -0.1) is 12.4 Å². The molecule has 1 unspecified atom stereocenters. The first kappa shape index (κ1) is 11.8. The molecule has 58 valence electrons. The third-order valence-corrected chi connectivity index (χ3v) is 0.485. The van der Waals surface area contributed by atoms with Crippen molar-refractivity contribution in [3.8, 4) is 0 Å². The largest absolute Gasteiger partial charge is 0.345 e. The number of hydrogen-bond donors (Lipinski definition) is 1. The van der Waals surface area contributed by atoms with E-state index >= 15 is 0 Å². The quantitative estimate of drug-likeness (QED) is 0.670. The monoisotopic (exact) mass is 161 g/mol. The van der Waals surface area contributed by atoms with Crippen LogP contribution in [0, 0.1) is 0 Å². The van der Waals surface area contributed by atoms with Crippen molar-refractivity contribution >= 4 is 12.4 Å². The molecule has 9 heavy (non-hydrogen) atoms. The number of nitrogens with two attached hydrogens (primary N) is 1. The first-order chi connectivity index (χ1) is 3.63. The summed E-state index contributed by atoms with van der Waals surface area (Å²) < 4.78 is 26.1. The maximum absolute atomic E-state index is 11.1. The van der Waals surface area contributed by atoms with Gasteiger partial charge < -0.3 is 10.5 Å². The van der Waals surface area contributed by atoms with E-state index in [2.05, 4.69) is 4.74 Å². The van der Waals surface area contributed by atoms with Crippen LogP contribution in [-0.2, 0) is 4.74 Å². The molecule has 0 rings (SSSR count). The lowest BCUT2D eigenvalue weighted by Crippen LogP contribution is -2.23. The highest BCUT2D eigenvalue weighted by atomic mass is 35.5. The van der Waals surface area contributed by atoms with E-state index in [1.54, 1.807) is 6.92 Å². The van der Waals surface area contributed by atoms with Crippen molar-refractivity contribution in [2.75, 3.05) is 6.61 Å². The van der Waals surface area contributed by atoms with E-state index < -0.39 is 6.61 Å². The van der Waals surface area contributed by atoms with Crippen LogP contribution in [0.4, 0.5) is 8.78 Å². The van der Waals surface area contributed by atoms with E-state index in [9.17, 15) is 8.78 Å². The van der Waals surface area contributed by atoms with Crippen LogP contribution in [0.25, 0.3) is 0 Å². The molecule has 0 aromatic rings. The number of hydrogen-bond acceptors (Lipinski definition) is 2. The fourth-order valence-electron chi connectivity index (χ4n) is 0.225. The molecule has 2 nitrogen and oxygen atoms in total. The van der Waals surface area contributed by atoms with E-state index in [4.69, 9.17) is 5.73 Å². The molecule has 0 saturated carbocycles. The Bertz CT molecular complexity index is 54.5. The van der Waals surface area contributed by atoms with Crippen LogP contribution in [0.3, 0.4) is 0 Å². The van der Waals surface area contributed by atoms with Crippen molar-refractivity contribution in [2.24, 2.45) is 5.73 Å². The van der Waals surface area contributed by atoms with Gasteiger partial charge in [-0.25, -0.2) is 0 Å². The van der Waals surface area contributed by atoms with Gasteiger partial charge in [-0.05, 0) is 6.92 Å². The summed E-state index contributed by atoms with van der Waals surface area (Å²) in [6, 6.07) is -0.316. The lowest BCUT2D eigenvalue weighted by Gasteiger charge is -2.03. The molecule has 0 heterocycles. The summed E-state index contributed by atoms with van der Waals surface area (Å²) in [7, 11) is 0. The molecule has 0 aliphatic rings.